The lowest BCUT2D eigenvalue weighted by atomic mass is 10.2. The third-order valence-corrected chi connectivity index (χ3v) is 3.50. The Hall–Kier alpha value is -1.53. The summed E-state index contributed by atoms with van der Waals surface area (Å²) in [6.45, 7) is 0. The SMILES string of the molecule is COC(=O)c1ccccc1N=c1cnss1. The minimum Gasteiger partial charge on any atom is -0.465 e. The summed E-state index contributed by atoms with van der Waals surface area (Å²) in [5.74, 6) is -0.382. The van der Waals surface area contributed by atoms with E-state index in [1.165, 1.54) is 28.0 Å². The number of ether oxygens (including phenoxy) is 1. The Labute approximate surface area is 99.4 Å². The van der Waals surface area contributed by atoms with Crippen LogP contribution in [0.4, 0.5) is 5.69 Å². The summed E-state index contributed by atoms with van der Waals surface area (Å²) in [5.41, 5.74) is 1.06. The highest BCUT2D eigenvalue weighted by Gasteiger charge is 2.09. The molecule has 0 N–H and O–H groups in total. The molecule has 0 saturated heterocycles. The zero-order valence-corrected chi connectivity index (χ0v) is 10.0. The van der Waals surface area contributed by atoms with Crippen LogP contribution in [0, 0.1) is 0 Å². The fourth-order valence-electron chi connectivity index (χ4n) is 1.17. The maximum Gasteiger partial charge on any atom is 0.340 e. The number of methoxy groups -OCH3 is 1. The topological polar surface area (TPSA) is 51.5 Å². The normalized spacial score (nSPS) is 11.4. The minimum atomic E-state index is -0.382. The second kappa shape index (κ2) is 5.00. The molecule has 1 aromatic carbocycles. The number of nitrogens with zero attached hydrogens (tertiary/aromatic N) is 2. The molecule has 2 aromatic rings. The van der Waals surface area contributed by atoms with Gasteiger partial charge in [0.2, 0.25) is 0 Å². The Morgan fingerprint density at radius 1 is 1.44 bits per heavy atom. The van der Waals surface area contributed by atoms with Crippen LogP contribution in [0.3, 0.4) is 0 Å². The lowest BCUT2D eigenvalue weighted by Gasteiger charge is -2.01. The highest BCUT2D eigenvalue weighted by atomic mass is 32.9. The third kappa shape index (κ3) is 2.34. The Morgan fingerprint density at radius 2 is 2.25 bits per heavy atom. The first-order chi connectivity index (χ1) is 7.81. The van der Waals surface area contributed by atoms with Gasteiger partial charge in [-0.1, -0.05) is 12.1 Å². The predicted octanol–water partition coefficient (Wildman–Crippen LogP) is 2.22. The van der Waals surface area contributed by atoms with Crippen LogP contribution >= 0.6 is 20.9 Å². The second-order valence-electron chi connectivity index (χ2n) is 2.85. The van der Waals surface area contributed by atoms with Gasteiger partial charge in [-0.05, 0) is 22.5 Å². The first-order valence-electron chi connectivity index (χ1n) is 4.44. The number of carbonyl (C=O) groups excluding carboxylic acids is 1. The standard InChI is InChI=1S/C10H8N2O2S2/c1-14-10(13)7-4-2-3-5-8(7)12-9-6-11-16-15-9/h2-6H,1H3. The molecular formula is C10H8N2O2S2. The number of hydrogen-bond donors (Lipinski definition) is 0. The molecule has 6 heteroatoms. The number of esters is 1. The summed E-state index contributed by atoms with van der Waals surface area (Å²) in [6, 6.07) is 7.07. The van der Waals surface area contributed by atoms with E-state index in [9.17, 15) is 4.79 Å². The van der Waals surface area contributed by atoms with Gasteiger partial charge in [-0.3, -0.25) is 0 Å². The lowest BCUT2D eigenvalue weighted by Crippen LogP contribution is -2.02. The first-order valence-corrected chi connectivity index (χ1v) is 6.55. The average Bonchev–Trinajstić information content (AvgIpc) is 2.82. The van der Waals surface area contributed by atoms with Gasteiger partial charge in [-0.15, -0.1) is 0 Å². The zero-order valence-electron chi connectivity index (χ0n) is 8.41. The van der Waals surface area contributed by atoms with E-state index in [2.05, 4.69) is 14.1 Å². The van der Waals surface area contributed by atoms with Crippen LogP contribution in [0.25, 0.3) is 0 Å². The van der Waals surface area contributed by atoms with Gasteiger partial charge in [-0.2, -0.15) is 4.37 Å². The predicted molar refractivity (Wildman–Crippen MR) is 63.0 cm³/mol. The van der Waals surface area contributed by atoms with Crippen molar-refractivity contribution in [1.29, 1.82) is 0 Å². The van der Waals surface area contributed by atoms with Gasteiger partial charge >= 0.3 is 5.97 Å². The molecular weight excluding hydrogens is 244 g/mol. The first kappa shape index (κ1) is 11.0. The van der Waals surface area contributed by atoms with Crippen molar-refractivity contribution in [3.8, 4) is 0 Å². The Kier molecular flexibility index (Phi) is 3.43. The summed E-state index contributed by atoms with van der Waals surface area (Å²) in [6.07, 6.45) is 1.67. The molecule has 0 spiro atoms. The van der Waals surface area contributed by atoms with E-state index in [-0.39, 0.29) is 5.97 Å². The highest BCUT2D eigenvalue weighted by molar-refractivity contribution is 7.65. The summed E-state index contributed by atoms with van der Waals surface area (Å²) in [4.78, 5) is 15.8. The van der Waals surface area contributed by atoms with Gasteiger partial charge in [0.05, 0.1) is 24.6 Å². The molecule has 0 saturated carbocycles. The van der Waals surface area contributed by atoms with E-state index in [1.807, 2.05) is 6.07 Å². The zero-order chi connectivity index (χ0) is 11.4. The van der Waals surface area contributed by atoms with Crippen molar-refractivity contribution >= 4 is 32.5 Å². The number of hydrogen-bond acceptors (Lipinski definition) is 6. The van der Waals surface area contributed by atoms with Gasteiger partial charge < -0.3 is 4.74 Å². The summed E-state index contributed by atoms with van der Waals surface area (Å²) >= 11 is 0. The van der Waals surface area contributed by atoms with E-state index >= 15 is 0 Å². The lowest BCUT2D eigenvalue weighted by molar-refractivity contribution is 0.0601. The van der Waals surface area contributed by atoms with Crippen molar-refractivity contribution in [3.05, 3.63) is 40.7 Å². The summed E-state index contributed by atoms with van der Waals surface area (Å²) in [7, 11) is 4.17. The fraction of sp³-hybridized carbons (Fsp3) is 0.100. The van der Waals surface area contributed by atoms with Crippen molar-refractivity contribution in [2.24, 2.45) is 4.99 Å². The van der Waals surface area contributed by atoms with Crippen molar-refractivity contribution in [1.82, 2.24) is 4.37 Å². The van der Waals surface area contributed by atoms with E-state index < -0.39 is 0 Å². The van der Waals surface area contributed by atoms with Crippen LogP contribution in [0.1, 0.15) is 10.4 Å². The number of rotatable bonds is 2. The van der Waals surface area contributed by atoms with E-state index in [0.29, 0.717) is 11.3 Å². The smallest absolute Gasteiger partial charge is 0.340 e. The van der Waals surface area contributed by atoms with Crippen molar-refractivity contribution in [2.45, 2.75) is 0 Å². The van der Waals surface area contributed by atoms with Gasteiger partial charge in [0, 0.05) is 10.5 Å². The van der Waals surface area contributed by atoms with Gasteiger partial charge in [-0.25, -0.2) is 9.79 Å². The quantitative estimate of drug-likeness (QED) is 0.608. The van der Waals surface area contributed by atoms with Crippen LogP contribution in [-0.4, -0.2) is 17.5 Å². The van der Waals surface area contributed by atoms with Gasteiger partial charge in [0.1, 0.15) is 4.67 Å². The molecule has 0 aliphatic carbocycles. The van der Waals surface area contributed by atoms with Gasteiger partial charge in [0.25, 0.3) is 0 Å². The Bertz CT molecular complexity index is 543. The van der Waals surface area contributed by atoms with Crippen LogP contribution in [0.2, 0.25) is 0 Å². The molecule has 82 valence electrons. The number of carbonyl (C=O) groups is 1. The number of aromatic nitrogens is 1. The molecule has 0 bridgehead atoms. The largest absolute Gasteiger partial charge is 0.465 e. The number of para-hydroxylation sites is 1. The van der Waals surface area contributed by atoms with Crippen LogP contribution in [0.5, 0.6) is 0 Å². The average molecular weight is 252 g/mol. The molecule has 0 aliphatic heterocycles. The molecule has 1 aromatic heterocycles. The molecule has 0 unspecified atom stereocenters. The molecule has 1 heterocycles. The molecule has 4 nitrogen and oxygen atoms in total. The molecule has 0 fully saturated rings. The van der Waals surface area contributed by atoms with E-state index in [0.717, 1.165) is 4.67 Å². The molecule has 0 atom stereocenters. The Balaban J connectivity index is 2.50. The van der Waals surface area contributed by atoms with Gasteiger partial charge in [0.15, 0.2) is 0 Å². The minimum absolute atomic E-state index is 0.382. The summed E-state index contributed by atoms with van der Waals surface area (Å²) in [5, 5.41) is 0. The van der Waals surface area contributed by atoms with Crippen LogP contribution in [0.15, 0.2) is 35.5 Å². The monoisotopic (exact) mass is 252 g/mol. The van der Waals surface area contributed by atoms with Crippen molar-refractivity contribution in [3.63, 3.8) is 0 Å². The maximum absolute atomic E-state index is 11.5. The van der Waals surface area contributed by atoms with Crippen LogP contribution < -0.4 is 4.67 Å². The van der Waals surface area contributed by atoms with E-state index in [1.54, 1.807) is 24.4 Å². The van der Waals surface area contributed by atoms with Crippen molar-refractivity contribution < 1.29 is 9.53 Å². The Morgan fingerprint density at radius 3 is 2.94 bits per heavy atom. The highest BCUT2D eigenvalue weighted by Crippen LogP contribution is 2.18. The fourth-order valence-corrected chi connectivity index (χ4v) is 2.46. The van der Waals surface area contributed by atoms with E-state index in [4.69, 9.17) is 0 Å². The van der Waals surface area contributed by atoms with Crippen molar-refractivity contribution in [2.75, 3.05) is 7.11 Å². The number of benzene rings is 1. The third-order valence-electron chi connectivity index (χ3n) is 1.87. The second-order valence-corrected chi connectivity index (χ2v) is 4.74. The molecule has 0 aliphatic rings. The maximum atomic E-state index is 11.5. The molecule has 2 rings (SSSR count). The summed E-state index contributed by atoms with van der Waals surface area (Å²) < 4.78 is 9.43. The molecule has 0 radical (unpaired) electrons. The molecule has 0 amide bonds. The molecule has 16 heavy (non-hydrogen) atoms. The van der Waals surface area contributed by atoms with Crippen LogP contribution in [-0.2, 0) is 4.74 Å².